The third-order valence-electron chi connectivity index (χ3n) is 1.13. The van der Waals surface area contributed by atoms with Gasteiger partial charge in [-0.25, -0.2) is 13.1 Å². The highest BCUT2D eigenvalue weighted by molar-refractivity contribution is 7.88. The van der Waals surface area contributed by atoms with Gasteiger partial charge in [0.2, 0.25) is 10.0 Å². The molecule has 0 fully saturated rings. The van der Waals surface area contributed by atoms with E-state index >= 15 is 0 Å². The summed E-state index contributed by atoms with van der Waals surface area (Å²) >= 11 is 0. The van der Waals surface area contributed by atoms with Crippen molar-refractivity contribution in [3.63, 3.8) is 0 Å². The molecule has 1 atom stereocenters. The fourth-order valence-electron chi connectivity index (χ4n) is 0.560. The Bertz CT molecular complexity index is 223. The molecule has 0 amide bonds. The topological polar surface area (TPSA) is 55.4 Å². The van der Waals surface area contributed by atoms with Gasteiger partial charge < -0.3 is 4.74 Å². The highest BCUT2D eigenvalue weighted by Gasteiger charge is 2.04. The van der Waals surface area contributed by atoms with Crippen LogP contribution < -0.4 is 4.72 Å². The van der Waals surface area contributed by atoms with Gasteiger partial charge in [0, 0.05) is 6.54 Å². The molecule has 0 aliphatic rings. The zero-order valence-corrected chi connectivity index (χ0v) is 8.23. The molecule has 0 rings (SSSR count). The lowest BCUT2D eigenvalue weighted by Gasteiger charge is -2.10. The van der Waals surface area contributed by atoms with Gasteiger partial charge in [0.1, 0.15) is 0 Å². The zero-order valence-electron chi connectivity index (χ0n) is 7.41. The monoisotopic (exact) mass is 193 g/mol. The van der Waals surface area contributed by atoms with Crippen LogP contribution in [-0.2, 0) is 14.8 Å². The summed E-state index contributed by atoms with van der Waals surface area (Å²) in [6.07, 6.45) is 2.61. The third-order valence-corrected chi connectivity index (χ3v) is 1.82. The molecule has 0 bridgehead atoms. The Morgan fingerprint density at radius 1 is 1.67 bits per heavy atom. The molecule has 12 heavy (non-hydrogen) atoms. The van der Waals surface area contributed by atoms with Gasteiger partial charge in [-0.05, 0) is 6.92 Å². The highest BCUT2D eigenvalue weighted by atomic mass is 32.2. The van der Waals surface area contributed by atoms with Crippen LogP contribution in [-0.4, -0.2) is 33.9 Å². The van der Waals surface area contributed by atoms with E-state index in [9.17, 15) is 8.42 Å². The van der Waals surface area contributed by atoms with Crippen molar-refractivity contribution in [2.24, 2.45) is 0 Å². The van der Waals surface area contributed by atoms with Crippen molar-refractivity contribution >= 4 is 10.0 Å². The van der Waals surface area contributed by atoms with Gasteiger partial charge in [0.25, 0.3) is 0 Å². The number of hydrogen-bond donors (Lipinski definition) is 1. The number of rotatable bonds is 6. The minimum atomic E-state index is -3.10. The van der Waals surface area contributed by atoms with E-state index in [0.717, 1.165) is 6.26 Å². The lowest BCUT2D eigenvalue weighted by atomic mass is 10.4. The van der Waals surface area contributed by atoms with Crippen LogP contribution in [0.4, 0.5) is 0 Å². The van der Waals surface area contributed by atoms with Crippen molar-refractivity contribution < 1.29 is 13.2 Å². The van der Waals surface area contributed by atoms with Crippen LogP contribution in [0.5, 0.6) is 0 Å². The van der Waals surface area contributed by atoms with Crippen molar-refractivity contribution in [1.29, 1.82) is 0 Å². The van der Waals surface area contributed by atoms with Crippen molar-refractivity contribution in [2.45, 2.75) is 13.0 Å². The Kier molecular flexibility index (Phi) is 5.12. The molecule has 0 aromatic rings. The van der Waals surface area contributed by atoms with Crippen molar-refractivity contribution in [2.75, 3.05) is 19.4 Å². The first-order valence-corrected chi connectivity index (χ1v) is 5.52. The first-order valence-electron chi connectivity index (χ1n) is 3.63. The fourth-order valence-corrected chi connectivity index (χ4v) is 1.10. The molecular formula is C7H15NO3S. The summed E-state index contributed by atoms with van der Waals surface area (Å²) in [5, 5.41) is 0. The zero-order chi connectivity index (χ0) is 9.61. The molecule has 0 radical (unpaired) electrons. The van der Waals surface area contributed by atoms with Gasteiger partial charge in [-0.15, -0.1) is 6.58 Å². The van der Waals surface area contributed by atoms with E-state index in [0.29, 0.717) is 13.2 Å². The maximum atomic E-state index is 10.6. The highest BCUT2D eigenvalue weighted by Crippen LogP contribution is 1.89. The molecule has 0 spiro atoms. The van der Waals surface area contributed by atoms with Crippen molar-refractivity contribution in [3.05, 3.63) is 12.7 Å². The molecular weight excluding hydrogens is 178 g/mol. The van der Waals surface area contributed by atoms with Gasteiger partial charge in [-0.3, -0.25) is 0 Å². The van der Waals surface area contributed by atoms with E-state index < -0.39 is 10.0 Å². The largest absolute Gasteiger partial charge is 0.373 e. The van der Waals surface area contributed by atoms with Gasteiger partial charge in [0.15, 0.2) is 0 Å². The number of sulfonamides is 1. The van der Waals surface area contributed by atoms with Gasteiger partial charge in [0.05, 0.1) is 19.0 Å². The Labute approximate surface area is 73.7 Å². The van der Waals surface area contributed by atoms with E-state index in [-0.39, 0.29) is 6.10 Å². The molecule has 0 aromatic heterocycles. The quantitative estimate of drug-likeness (QED) is 0.610. The predicted octanol–water partition coefficient (Wildman–Crippen LogP) is 0.127. The lowest BCUT2D eigenvalue weighted by Crippen LogP contribution is -2.31. The summed E-state index contributed by atoms with van der Waals surface area (Å²) < 4.78 is 28.7. The van der Waals surface area contributed by atoms with E-state index in [2.05, 4.69) is 11.3 Å². The smallest absolute Gasteiger partial charge is 0.208 e. The standard InChI is InChI=1S/C7H15NO3S/c1-4-5-11-7(2)6-8-12(3,9)10/h4,7-8H,1,5-6H2,2-3H3/t7-/m1/s1. The Morgan fingerprint density at radius 3 is 2.67 bits per heavy atom. The maximum Gasteiger partial charge on any atom is 0.208 e. The number of ether oxygens (including phenoxy) is 1. The average molecular weight is 193 g/mol. The second-order valence-corrected chi connectivity index (χ2v) is 4.39. The van der Waals surface area contributed by atoms with E-state index in [4.69, 9.17) is 4.74 Å². The second-order valence-electron chi connectivity index (χ2n) is 2.55. The summed E-state index contributed by atoms with van der Waals surface area (Å²) in [5.41, 5.74) is 0. The number of nitrogens with one attached hydrogen (secondary N) is 1. The second kappa shape index (κ2) is 5.29. The molecule has 4 nitrogen and oxygen atoms in total. The molecule has 0 saturated carbocycles. The van der Waals surface area contributed by atoms with Crippen LogP contribution in [0.25, 0.3) is 0 Å². The molecule has 1 N–H and O–H groups in total. The molecule has 0 aliphatic carbocycles. The van der Waals surface area contributed by atoms with Crippen LogP contribution in [0, 0.1) is 0 Å². The molecule has 0 unspecified atom stereocenters. The van der Waals surface area contributed by atoms with Crippen molar-refractivity contribution in [1.82, 2.24) is 4.72 Å². The summed E-state index contributed by atoms with van der Waals surface area (Å²) in [4.78, 5) is 0. The fraction of sp³-hybridized carbons (Fsp3) is 0.714. The summed E-state index contributed by atoms with van der Waals surface area (Å²) in [6.45, 7) is 6.01. The van der Waals surface area contributed by atoms with E-state index in [1.807, 2.05) is 0 Å². The third kappa shape index (κ3) is 7.71. The maximum absolute atomic E-state index is 10.6. The van der Waals surface area contributed by atoms with Crippen LogP contribution in [0.2, 0.25) is 0 Å². The Hall–Kier alpha value is -0.390. The summed E-state index contributed by atoms with van der Waals surface area (Å²) in [5.74, 6) is 0. The SMILES string of the molecule is C=CCO[C@H](C)CNS(C)(=O)=O. The van der Waals surface area contributed by atoms with Crippen molar-refractivity contribution in [3.8, 4) is 0 Å². The normalized spacial score (nSPS) is 14.2. The first-order chi connectivity index (χ1) is 5.45. The average Bonchev–Trinajstić information content (AvgIpc) is 1.95. The van der Waals surface area contributed by atoms with Crippen LogP contribution in [0.3, 0.4) is 0 Å². The molecule has 5 heteroatoms. The van der Waals surface area contributed by atoms with Crippen LogP contribution in [0.15, 0.2) is 12.7 Å². The summed E-state index contributed by atoms with van der Waals surface area (Å²) in [7, 11) is -3.10. The Morgan fingerprint density at radius 2 is 2.25 bits per heavy atom. The lowest BCUT2D eigenvalue weighted by molar-refractivity contribution is 0.0921. The predicted molar refractivity (Wildman–Crippen MR) is 48.5 cm³/mol. The minimum absolute atomic E-state index is 0.127. The van der Waals surface area contributed by atoms with E-state index in [1.165, 1.54) is 0 Å². The molecule has 0 saturated heterocycles. The van der Waals surface area contributed by atoms with Crippen LogP contribution in [0.1, 0.15) is 6.92 Å². The van der Waals surface area contributed by atoms with Gasteiger partial charge in [-0.1, -0.05) is 6.08 Å². The van der Waals surface area contributed by atoms with Crippen LogP contribution >= 0.6 is 0 Å². The van der Waals surface area contributed by atoms with E-state index in [1.54, 1.807) is 13.0 Å². The minimum Gasteiger partial charge on any atom is -0.373 e. The van der Waals surface area contributed by atoms with Gasteiger partial charge >= 0.3 is 0 Å². The Balaban J connectivity index is 3.57. The first kappa shape index (κ1) is 11.6. The molecule has 0 aromatic carbocycles. The molecule has 0 heterocycles. The summed E-state index contributed by atoms with van der Waals surface area (Å²) in [6, 6.07) is 0. The van der Waals surface area contributed by atoms with Gasteiger partial charge in [-0.2, -0.15) is 0 Å². The molecule has 0 aliphatic heterocycles. The number of hydrogen-bond acceptors (Lipinski definition) is 3. The molecule has 72 valence electrons.